The van der Waals surface area contributed by atoms with Gasteiger partial charge in [-0.15, -0.1) is 0 Å². The number of ether oxygens (including phenoxy) is 1. The molecular weight excluding hydrogens is 356 g/mol. The van der Waals surface area contributed by atoms with Crippen LogP contribution in [0.25, 0.3) is 17.2 Å². The third-order valence-electron chi connectivity index (χ3n) is 3.70. The molecule has 26 heavy (non-hydrogen) atoms. The monoisotopic (exact) mass is 370 g/mol. The van der Waals surface area contributed by atoms with E-state index in [4.69, 9.17) is 9.15 Å². The van der Waals surface area contributed by atoms with Crippen LogP contribution in [0.5, 0.6) is 5.75 Å². The number of hydrogen-bond donors (Lipinski definition) is 1. The lowest BCUT2D eigenvalue weighted by molar-refractivity contribution is 0.414. The minimum absolute atomic E-state index is 0.304. The van der Waals surface area contributed by atoms with Crippen LogP contribution < -0.4 is 10.5 Å². The number of allylic oxidation sites excluding steroid dienone is 1. The molecule has 0 aliphatic heterocycles. The summed E-state index contributed by atoms with van der Waals surface area (Å²) in [6, 6.07) is 13.0. The second kappa shape index (κ2) is 6.90. The van der Waals surface area contributed by atoms with Gasteiger partial charge in [0.25, 0.3) is 0 Å². The Labute approximate surface area is 149 Å². The van der Waals surface area contributed by atoms with E-state index in [2.05, 4.69) is 4.98 Å². The molecule has 132 valence electrons. The summed E-state index contributed by atoms with van der Waals surface area (Å²) in [6.07, 6.45) is 1.27. The lowest BCUT2D eigenvalue weighted by Gasteiger charge is -2.05. The average molecular weight is 370 g/mol. The van der Waals surface area contributed by atoms with Gasteiger partial charge >= 0.3 is 5.76 Å². The summed E-state index contributed by atoms with van der Waals surface area (Å²) in [5, 5.41) is 9.31. The molecule has 0 spiro atoms. The van der Waals surface area contributed by atoms with Gasteiger partial charge in [-0.3, -0.25) is 4.98 Å². The SMILES string of the molecule is COc1ccc(CS(=O)(=O)/C(C#N)=C\c2ccc3oc(=O)[nH]c3c2)cc1. The molecule has 0 aliphatic carbocycles. The van der Waals surface area contributed by atoms with Crippen LogP contribution in [0, 0.1) is 11.3 Å². The lowest BCUT2D eigenvalue weighted by atomic mass is 10.2. The van der Waals surface area contributed by atoms with Crippen molar-refractivity contribution in [1.29, 1.82) is 5.26 Å². The molecule has 1 heterocycles. The standard InChI is InChI=1S/C18H14N2O5S/c1-24-14-5-2-12(3-6-14)11-26(22,23)15(10-19)8-13-4-7-17-16(9-13)20-18(21)25-17/h2-9H,11H2,1H3,(H,20,21)/b15-8-. The molecule has 1 N–H and O–H groups in total. The Morgan fingerprint density at radius 2 is 2.00 bits per heavy atom. The first-order chi connectivity index (χ1) is 12.4. The molecule has 0 atom stereocenters. The molecule has 0 saturated heterocycles. The number of hydrogen-bond acceptors (Lipinski definition) is 6. The van der Waals surface area contributed by atoms with Crippen molar-refractivity contribution >= 4 is 27.0 Å². The van der Waals surface area contributed by atoms with Gasteiger partial charge in [0, 0.05) is 0 Å². The predicted molar refractivity (Wildman–Crippen MR) is 96.0 cm³/mol. The minimum Gasteiger partial charge on any atom is -0.497 e. The van der Waals surface area contributed by atoms with Gasteiger partial charge < -0.3 is 9.15 Å². The van der Waals surface area contributed by atoms with Gasteiger partial charge in [-0.05, 0) is 41.5 Å². The van der Waals surface area contributed by atoms with Crippen molar-refractivity contribution in [2.24, 2.45) is 0 Å². The number of benzene rings is 2. The van der Waals surface area contributed by atoms with Crippen molar-refractivity contribution in [3.8, 4) is 11.8 Å². The molecule has 0 fully saturated rings. The van der Waals surface area contributed by atoms with E-state index < -0.39 is 15.6 Å². The number of aromatic nitrogens is 1. The zero-order valence-corrected chi connectivity index (χ0v) is 14.5. The van der Waals surface area contributed by atoms with E-state index in [1.807, 2.05) is 0 Å². The molecular formula is C18H14N2O5S. The topological polar surface area (TPSA) is 113 Å². The van der Waals surface area contributed by atoms with Gasteiger partial charge in [0.2, 0.25) is 0 Å². The van der Waals surface area contributed by atoms with Crippen LogP contribution in [-0.2, 0) is 15.6 Å². The summed E-state index contributed by atoms with van der Waals surface area (Å²) in [5.74, 6) is -0.292. The van der Waals surface area contributed by atoms with Crippen molar-refractivity contribution < 1.29 is 17.6 Å². The number of rotatable bonds is 5. The van der Waals surface area contributed by atoms with E-state index in [-0.39, 0.29) is 10.7 Å². The number of methoxy groups -OCH3 is 1. The van der Waals surface area contributed by atoms with Crippen LogP contribution in [0.4, 0.5) is 0 Å². The summed E-state index contributed by atoms with van der Waals surface area (Å²) in [5.41, 5.74) is 1.78. The molecule has 2 aromatic carbocycles. The fourth-order valence-electron chi connectivity index (χ4n) is 2.42. The van der Waals surface area contributed by atoms with Gasteiger partial charge in [0.1, 0.15) is 16.7 Å². The Morgan fingerprint density at radius 1 is 1.27 bits per heavy atom. The van der Waals surface area contributed by atoms with E-state index >= 15 is 0 Å². The van der Waals surface area contributed by atoms with Gasteiger partial charge in [-0.25, -0.2) is 13.2 Å². The summed E-state index contributed by atoms with van der Waals surface area (Å²) < 4.78 is 35.1. The first-order valence-electron chi connectivity index (χ1n) is 7.51. The molecule has 1 aromatic heterocycles. The Bertz CT molecular complexity index is 1180. The van der Waals surface area contributed by atoms with E-state index in [0.29, 0.717) is 28.0 Å². The first kappa shape index (κ1) is 17.5. The quantitative estimate of drug-likeness (QED) is 0.691. The lowest BCUT2D eigenvalue weighted by Crippen LogP contribution is -2.06. The molecule has 8 heteroatoms. The molecule has 0 bridgehead atoms. The molecule has 0 amide bonds. The zero-order valence-electron chi connectivity index (χ0n) is 13.7. The molecule has 3 rings (SSSR count). The van der Waals surface area contributed by atoms with E-state index in [9.17, 15) is 18.5 Å². The highest BCUT2D eigenvalue weighted by Gasteiger charge is 2.19. The summed E-state index contributed by atoms with van der Waals surface area (Å²) in [6.45, 7) is 0. The average Bonchev–Trinajstić information content (AvgIpc) is 2.99. The maximum absolute atomic E-state index is 12.6. The smallest absolute Gasteiger partial charge is 0.417 e. The number of nitrogens with one attached hydrogen (secondary N) is 1. The third kappa shape index (κ3) is 3.68. The summed E-state index contributed by atoms with van der Waals surface area (Å²) in [7, 11) is -2.31. The fraction of sp³-hybridized carbons (Fsp3) is 0.111. The molecule has 7 nitrogen and oxygen atoms in total. The Balaban J connectivity index is 1.92. The number of H-pyrrole nitrogens is 1. The van der Waals surface area contributed by atoms with Gasteiger partial charge in [0.15, 0.2) is 15.4 Å². The zero-order chi connectivity index (χ0) is 18.7. The van der Waals surface area contributed by atoms with Crippen molar-refractivity contribution in [3.63, 3.8) is 0 Å². The largest absolute Gasteiger partial charge is 0.497 e. The summed E-state index contributed by atoms with van der Waals surface area (Å²) in [4.78, 5) is 13.3. The Morgan fingerprint density at radius 3 is 2.65 bits per heavy atom. The van der Waals surface area contributed by atoms with Crippen LogP contribution in [-0.4, -0.2) is 20.5 Å². The maximum Gasteiger partial charge on any atom is 0.417 e. The van der Waals surface area contributed by atoms with E-state index in [0.717, 1.165) is 0 Å². The number of nitriles is 1. The molecule has 0 aliphatic rings. The highest BCUT2D eigenvalue weighted by molar-refractivity contribution is 7.95. The number of oxazole rings is 1. The molecule has 0 saturated carbocycles. The second-order valence-electron chi connectivity index (χ2n) is 5.50. The van der Waals surface area contributed by atoms with E-state index in [1.165, 1.54) is 19.3 Å². The Kier molecular flexibility index (Phi) is 4.65. The number of sulfone groups is 1. The normalized spacial score (nSPS) is 12.1. The maximum atomic E-state index is 12.6. The highest BCUT2D eigenvalue weighted by atomic mass is 32.2. The molecule has 0 radical (unpaired) electrons. The summed E-state index contributed by atoms with van der Waals surface area (Å²) >= 11 is 0. The van der Waals surface area contributed by atoms with Gasteiger partial charge in [0.05, 0.1) is 18.4 Å². The highest BCUT2D eigenvalue weighted by Crippen LogP contribution is 2.21. The number of nitrogens with zero attached hydrogens (tertiary/aromatic N) is 1. The van der Waals surface area contributed by atoms with Gasteiger partial charge in [-0.2, -0.15) is 5.26 Å². The number of fused-ring (bicyclic) bond motifs is 1. The van der Waals surface area contributed by atoms with Gasteiger partial charge in [-0.1, -0.05) is 18.2 Å². The van der Waals surface area contributed by atoms with Crippen molar-refractivity contribution in [2.75, 3.05) is 7.11 Å². The van der Waals surface area contributed by atoms with Crippen LogP contribution in [0.3, 0.4) is 0 Å². The van der Waals surface area contributed by atoms with Crippen molar-refractivity contribution in [3.05, 3.63) is 69.0 Å². The molecule has 3 aromatic rings. The van der Waals surface area contributed by atoms with E-state index in [1.54, 1.807) is 42.5 Å². The second-order valence-corrected chi connectivity index (χ2v) is 7.46. The van der Waals surface area contributed by atoms with Crippen LogP contribution in [0.2, 0.25) is 0 Å². The predicted octanol–water partition coefficient (Wildman–Crippen LogP) is 2.61. The number of aromatic amines is 1. The minimum atomic E-state index is -3.83. The van der Waals surface area contributed by atoms with Crippen LogP contribution >= 0.6 is 0 Å². The Hall–Kier alpha value is -3.31. The van der Waals surface area contributed by atoms with Crippen LogP contribution in [0.1, 0.15) is 11.1 Å². The third-order valence-corrected chi connectivity index (χ3v) is 5.29. The molecule has 0 unspecified atom stereocenters. The first-order valence-corrected chi connectivity index (χ1v) is 9.17. The fourth-order valence-corrected chi connectivity index (χ4v) is 3.66. The van der Waals surface area contributed by atoms with Crippen LogP contribution in [0.15, 0.2) is 56.6 Å². The van der Waals surface area contributed by atoms with Crippen molar-refractivity contribution in [1.82, 2.24) is 4.98 Å². The van der Waals surface area contributed by atoms with Crippen molar-refractivity contribution in [2.45, 2.75) is 5.75 Å².